The second-order valence-electron chi connectivity index (χ2n) is 1.14. The molecular weight excluding hydrogens is 87.1 g/mol. The fourth-order valence-corrected chi connectivity index (χ4v) is 0.739. The van der Waals surface area contributed by atoms with E-state index in [1.54, 1.807) is 11.8 Å². The molecule has 2 heteroatoms. The van der Waals surface area contributed by atoms with Crippen molar-refractivity contribution >= 4 is 29.5 Å². The fourth-order valence-electron chi connectivity index (χ4n) is 0.246. The summed E-state index contributed by atoms with van der Waals surface area (Å²) in [5, 5.41) is 0. The Bertz CT molecular complexity index is 51.5. The van der Waals surface area contributed by atoms with Crippen LogP contribution in [0.3, 0.4) is 0 Å². The molecule has 0 aromatic rings. The average molecular weight is 94.1 g/mol. The van der Waals surface area contributed by atoms with Crippen molar-refractivity contribution in [2.75, 3.05) is 5.75 Å². The van der Waals surface area contributed by atoms with E-state index in [1.165, 1.54) is 3.58 Å². The SMILES string of the molecule is [Li][C](=C)SCC. The van der Waals surface area contributed by atoms with Crippen molar-refractivity contribution < 1.29 is 0 Å². The molecule has 0 N–H and O–H groups in total. The first-order valence-electron chi connectivity index (χ1n) is 2.05. The number of rotatable bonds is 2. The summed E-state index contributed by atoms with van der Waals surface area (Å²) in [7, 11) is 0. The molecule has 0 aromatic carbocycles. The van der Waals surface area contributed by atoms with Gasteiger partial charge in [-0.25, -0.2) is 0 Å². The third-order valence-corrected chi connectivity index (χ3v) is 1.17. The Morgan fingerprint density at radius 2 is 2.50 bits per heavy atom. The molecule has 0 fully saturated rings. The van der Waals surface area contributed by atoms with E-state index in [9.17, 15) is 0 Å². The van der Waals surface area contributed by atoms with Crippen LogP contribution in [0.2, 0.25) is 0 Å². The molecule has 0 saturated carbocycles. The van der Waals surface area contributed by atoms with E-state index < -0.39 is 0 Å². The standard InChI is InChI=1S/C4H7S.Li/c1-3-5-4-2;/h1,4H2,2H3;. The summed E-state index contributed by atoms with van der Waals surface area (Å²) in [6.07, 6.45) is 0. The summed E-state index contributed by atoms with van der Waals surface area (Å²) in [6, 6.07) is 0. The van der Waals surface area contributed by atoms with Crippen LogP contribution in [0.1, 0.15) is 6.92 Å². The van der Waals surface area contributed by atoms with Crippen LogP contribution in [0.4, 0.5) is 0 Å². The maximum absolute atomic E-state index is 3.71. The fraction of sp³-hybridized carbons (Fsp3) is 0.500. The summed E-state index contributed by atoms with van der Waals surface area (Å²) in [5.74, 6) is 1.15. The van der Waals surface area contributed by atoms with Gasteiger partial charge in [0.15, 0.2) is 0 Å². The van der Waals surface area contributed by atoms with Gasteiger partial charge in [0.05, 0.1) is 0 Å². The zero-order valence-corrected chi connectivity index (χ0v) is 5.14. The molecule has 6 heavy (non-hydrogen) atoms. The molecule has 0 saturated heterocycles. The van der Waals surface area contributed by atoms with Gasteiger partial charge in [-0.15, -0.1) is 0 Å². The summed E-state index contributed by atoms with van der Waals surface area (Å²) in [4.78, 5) is 0. The van der Waals surface area contributed by atoms with Crippen molar-refractivity contribution in [2.45, 2.75) is 6.92 Å². The van der Waals surface area contributed by atoms with E-state index >= 15 is 0 Å². The minimum absolute atomic E-state index is 1.15. The molecule has 0 radical (unpaired) electrons. The van der Waals surface area contributed by atoms with Crippen LogP contribution in [-0.2, 0) is 0 Å². The molecule has 0 atom stereocenters. The molecule has 0 bridgehead atoms. The maximum atomic E-state index is 3.71. The predicted molar refractivity (Wildman–Crippen MR) is 33.0 cm³/mol. The van der Waals surface area contributed by atoms with Gasteiger partial charge < -0.3 is 0 Å². The van der Waals surface area contributed by atoms with Gasteiger partial charge in [0, 0.05) is 0 Å². The Hall–Kier alpha value is 0.687. The van der Waals surface area contributed by atoms with E-state index in [1.807, 2.05) is 17.7 Å². The van der Waals surface area contributed by atoms with Gasteiger partial charge in [0.25, 0.3) is 0 Å². The first-order chi connectivity index (χ1) is 2.77. The van der Waals surface area contributed by atoms with Crippen molar-refractivity contribution in [3.8, 4) is 0 Å². The third kappa shape index (κ3) is 4.69. The summed E-state index contributed by atoms with van der Waals surface area (Å²) < 4.78 is 1.21. The molecule has 0 aromatic heterocycles. The molecule has 0 spiro atoms. The van der Waals surface area contributed by atoms with Crippen LogP contribution in [0, 0.1) is 0 Å². The van der Waals surface area contributed by atoms with Crippen LogP contribution in [0.25, 0.3) is 0 Å². The normalized spacial score (nSPS) is 8.50. The Kier molecular flexibility index (Phi) is 4.31. The van der Waals surface area contributed by atoms with E-state index in [0.29, 0.717) is 0 Å². The van der Waals surface area contributed by atoms with E-state index in [-0.39, 0.29) is 0 Å². The number of hydrogen-bond acceptors (Lipinski definition) is 1. The van der Waals surface area contributed by atoms with Gasteiger partial charge in [-0.05, 0) is 0 Å². The molecule has 30 valence electrons. The second kappa shape index (κ2) is 3.86. The van der Waals surface area contributed by atoms with Gasteiger partial charge in [0.2, 0.25) is 0 Å². The van der Waals surface area contributed by atoms with Crippen molar-refractivity contribution in [1.29, 1.82) is 0 Å². The summed E-state index contributed by atoms with van der Waals surface area (Å²) in [5.41, 5.74) is 0. The molecule has 0 heterocycles. The molecule has 0 nitrogen and oxygen atoms in total. The Balaban J connectivity index is 2.83. The van der Waals surface area contributed by atoms with Crippen LogP contribution in [-0.4, -0.2) is 23.5 Å². The zero-order valence-electron chi connectivity index (χ0n) is 4.32. The number of hydrogen-bond donors (Lipinski definition) is 0. The van der Waals surface area contributed by atoms with E-state index in [2.05, 4.69) is 13.5 Å². The zero-order chi connectivity index (χ0) is 4.99. The number of thioether (sulfide) groups is 1. The Labute approximate surface area is 52.6 Å². The van der Waals surface area contributed by atoms with Gasteiger partial charge in [-0.3, -0.25) is 0 Å². The topological polar surface area (TPSA) is 0 Å². The molecule has 0 aliphatic rings. The first-order valence-corrected chi connectivity index (χ1v) is 3.04. The van der Waals surface area contributed by atoms with E-state index in [4.69, 9.17) is 0 Å². The van der Waals surface area contributed by atoms with Gasteiger partial charge >= 0.3 is 52.3 Å². The van der Waals surface area contributed by atoms with Crippen LogP contribution in [0.5, 0.6) is 0 Å². The van der Waals surface area contributed by atoms with Crippen LogP contribution in [0.15, 0.2) is 10.2 Å². The summed E-state index contributed by atoms with van der Waals surface area (Å²) >= 11 is 3.81. The van der Waals surface area contributed by atoms with Gasteiger partial charge in [-0.2, -0.15) is 0 Å². The van der Waals surface area contributed by atoms with Crippen LogP contribution < -0.4 is 0 Å². The van der Waals surface area contributed by atoms with Crippen molar-refractivity contribution in [2.24, 2.45) is 0 Å². The Morgan fingerprint density at radius 3 is 2.50 bits per heavy atom. The second-order valence-corrected chi connectivity index (χ2v) is 2.70. The molecule has 0 aliphatic carbocycles. The van der Waals surface area contributed by atoms with Gasteiger partial charge in [-0.1, -0.05) is 0 Å². The minimum atomic E-state index is 1.15. The summed E-state index contributed by atoms with van der Waals surface area (Å²) in [6.45, 7) is 5.83. The molecular formula is C4H7LiS. The van der Waals surface area contributed by atoms with Crippen molar-refractivity contribution in [1.82, 2.24) is 0 Å². The van der Waals surface area contributed by atoms with Crippen LogP contribution >= 0.6 is 11.8 Å². The van der Waals surface area contributed by atoms with E-state index in [0.717, 1.165) is 5.75 Å². The van der Waals surface area contributed by atoms with Gasteiger partial charge in [0.1, 0.15) is 0 Å². The predicted octanol–water partition coefficient (Wildman–Crippen LogP) is 1.38. The monoisotopic (exact) mass is 94.0 g/mol. The quantitative estimate of drug-likeness (QED) is 0.466. The Morgan fingerprint density at radius 1 is 2.00 bits per heavy atom. The molecule has 0 rings (SSSR count). The third-order valence-electron chi connectivity index (χ3n) is 0.391. The molecule has 0 unspecified atom stereocenters. The molecule has 0 amide bonds. The first kappa shape index (κ1) is 6.69. The van der Waals surface area contributed by atoms with Crippen molar-refractivity contribution in [3.05, 3.63) is 10.2 Å². The average Bonchev–Trinajstić information content (AvgIpc) is 1.35. The van der Waals surface area contributed by atoms with Crippen molar-refractivity contribution in [3.63, 3.8) is 0 Å². The molecule has 0 aliphatic heterocycles.